The zero-order valence-corrected chi connectivity index (χ0v) is 10.2. The summed E-state index contributed by atoms with van der Waals surface area (Å²) in [6, 6.07) is -0.349. The van der Waals surface area contributed by atoms with E-state index in [0.29, 0.717) is 13.0 Å². The van der Waals surface area contributed by atoms with Crippen molar-refractivity contribution in [1.82, 2.24) is 10.4 Å². The lowest BCUT2D eigenvalue weighted by atomic mass is 10.0. The number of esters is 1. The standard InChI is InChI=1S/C11H20N2O3/c1-11(2,3)16-10(15)9-6-4-5-7-13(9)12-8-14/h8-9H,4-7H2,1-3H3,(H,12,14). The highest BCUT2D eigenvalue weighted by atomic mass is 16.6. The second kappa shape index (κ2) is 5.30. The van der Waals surface area contributed by atoms with E-state index in [0.717, 1.165) is 19.3 Å². The third kappa shape index (κ3) is 3.81. The zero-order chi connectivity index (χ0) is 12.2. The lowest BCUT2D eigenvalue weighted by molar-refractivity contribution is -0.164. The largest absolute Gasteiger partial charge is 0.459 e. The van der Waals surface area contributed by atoms with E-state index in [1.54, 1.807) is 5.01 Å². The van der Waals surface area contributed by atoms with Crippen LogP contribution in [-0.2, 0) is 14.3 Å². The molecule has 5 heteroatoms. The minimum Gasteiger partial charge on any atom is -0.459 e. The molecule has 0 aromatic rings. The first-order valence-corrected chi connectivity index (χ1v) is 5.63. The number of rotatable bonds is 3. The molecule has 1 saturated heterocycles. The Kier molecular flexibility index (Phi) is 4.29. The van der Waals surface area contributed by atoms with E-state index in [2.05, 4.69) is 5.43 Å². The van der Waals surface area contributed by atoms with Gasteiger partial charge < -0.3 is 4.74 Å². The third-order valence-corrected chi connectivity index (χ3v) is 2.40. The molecule has 1 amide bonds. The number of nitrogens with zero attached hydrogens (tertiary/aromatic N) is 1. The summed E-state index contributed by atoms with van der Waals surface area (Å²) in [4.78, 5) is 22.3. The molecule has 16 heavy (non-hydrogen) atoms. The Bertz CT molecular complexity index is 260. The monoisotopic (exact) mass is 228 g/mol. The van der Waals surface area contributed by atoms with Crippen molar-refractivity contribution in [2.24, 2.45) is 0 Å². The van der Waals surface area contributed by atoms with E-state index >= 15 is 0 Å². The van der Waals surface area contributed by atoms with Gasteiger partial charge in [0.05, 0.1) is 0 Å². The highest BCUT2D eigenvalue weighted by molar-refractivity contribution is 5.76. The highest BCUT2D eigenvalue weighted by Gasteiger charge is 2.32. The van der Waals surface area contributed by atoms with Gasteiger partial charge in [-0.05, 0) is 40.0 Å². The van der Waals surface area contributed by atoms with Gasteiger partial charge in [-0.1, -0.05) is 0 Å². The van der Waals surface area contributed by atoms with E-state index in [-0.39, 0.29) is 12.0 Å². The van der Waals surface area contributed by atoms with Crippen LogP contribution in [0.15, 0.2) is 0 Å². The predicted octanol–water partition coefficient (Wildman–Crippen LogP) is 0.844. The zero-order valence-electron chi connectivity index (χ0n) is 10.2. The number of nitrogens with one attached hydrogen (secondary N) is 1. The van der Waals surface area contributed by atoms with Crippen LogP contribution in [0.2, 0.25) is 0 Å². The van der Waals surface area contributed by atoms with Gasteiger partial charge in [-0.2, -0.15) is 0 Å². The number of hydrogen-bond acceptors (Lipinski definition) is 4. The minimum absolute atomic E-state index is 0.262. The molecule has 92 valence electrons. The minimum atomic E-state index is -0.485. The number of piperidine rings is 1. The summed E-state index contributed by atoms with van der Waals surface area (Å²) in [5.74, 6) is -0.262. The molecule has 1 rings (SSSR count). The molecule has 1 aliphatic heterocycles. The molecule has 1 aliphatic rings. The molecule has 1 unspecified atom stereocenters. The Hall–Kier alpha value is -1.10. The fourth-order valence-electron chi connectivity index (χ4n) is 1.77. The third-order valence-electron chi connectivity index (χ3n) is 2.40. The second-order valence-corrected chi connectivity index (χ2v) is 4.99. The molecule has 1 fully saturated rings. The first kappa shape index (κ1) is 13.0. The van der Waals surface area contributed by atoms with Crippen LogP contribution in [0, 0.1) is 0 Å². The van der Waals surface area contributed by atoms with E-state index < -0.39 is 5.60 Å². The summed E-state index contributed by atoms with van der Waals surface area (Å²) in [7, 11) is 0. The summed E-state index contributed by atoms with van der Waals surface area (Å²) >= 11 is 0. The van der Waals surface area contributed by atoms with Crippen molar-refractivity contribution >= 4 is 12.4 Å². The number of amides is 1. The van der Waals surface area contributed by atoms with Crippen LogP contribution in [0.25, 0.3) is 0 Å². The first-order chi connectivity index (χ1) is 7.44. The van der Waals surface area contributed by atoms with Gasteiger partial charge in [0.1, 0.15) is 11.6 Å². The van der Waals surface area contributed by atoms with Gasteiger partial charge in [-0.3, -0.25) is 15.0 Å². The van der Waals surface area contributed by atoms with Crippen molar-refractivity contribution in [3.05, 3.63) is 0 Å². The molecule has 0 aliphatic carbocycles. The van der Waals surface area contributed by atoms with Gasteiger partial charge in [-0.15, -0.1) is 0 Å². The number of hydrogen-bond donors (Lipinski definition) is 1. The molecule has 0 spiro atoms. The number of hydrazine groups is 1. The van der Waals surface area contributed by atoms with Gasteiger partial charge in [0.2, 0.25) is 6.41 Å². The molecule has 0 aromatic carbocycles. The van der Waals surface area contributed by atoms with Gasteiger partial charge in [0, 0.05) is 6.54 Å². The van der Waals surface area contributed by atoms with Crippen molar-refractivity contribution in [1.29, 1.82) is 0 Å². The Morgan fingerprint density at radius 3 is 2.69 bits per heavy atom. The average Bonchev–Trinajstić information content (AvgIpc) is 2.16. The molecular formula is C11H20N2O3. The topological polar surface area (TPSA) is 58.6 Å². The summed E-state index contributed by atoms with van der Waals surface area (Å²) in [5.41, 5.74) is 2.07. The van der Waals surface area contributed by atoms with Crippen LogP contribution in [0.5, 0.6) is 0 Å². The molecule has 0 aromatic heterocycles. The quantitative estimate of drug-likeness (QED) is 0.574. The van der Waals surface area contributed by atoms with Crippen LogP contribution >= 0.6 is 0 Å². The Labute approximate surface area is 96.1 Å². The smallest absolute Gasteiger partial charge is 0.325 e. The summed E-state index contributed by atoms with van der Waals surface area (Å²) in [5, 5.41) is 1.66. The SMILES string of the molecule is CC(C)(C)OC(=O)C1CCCCN1NC=O. The normalized spacial score (nSPS) is 22.6. The van der Waals surface area contributed by atoms with Crippen molar-refractivity contribution in [3.63, 3.8) is 0 Å². The van der Waals surface area contributed by atoms with E-state index in [1.807, 2.05) is 20.8 Å². The number of carbonyl (C=O) groups excluding carboxylic acids is 2. The average molecular weight is 228 g/mol. The molecule has 0 bridgehead atoms. The lowest BCUT2D eigenvalue weighted by Gasteiger charge is -2.34. The maximum atomic E-state index is 11.9. The number of ether oxygens (including phenoxy) is 1. The maximum absolute atomic E-state index is 11.9. The Morgan fingerprint density at radius 1 is 1.44 bits per heavy atom. The summed E-state index contributed by atoms with van der Waals surface area (Å²) < 4.78 is 5.32. The Balaban J connectivity index is 2.60. The van der Waals surface area contributed by atoms with Crippen LogP contribution in [0.4, 0.5) is 0 Å². The van der Waals surface area contributed by atoms with Crippen molar-refractivity contribution in [3.8, 4) is 0 Å². The summed E-state index contributed by atoms with van der Waals surface area (Å²) in [6.07, 6.45) is 3.31. The summed E-state index contributed by atoms with van der Waals surface area (Å²) in [6.45, 7) is 6.21. The van der Waals surface area contributed by atoms with Gasteiger partial charge >= 0.3 is 5.97 Å². The molecule has 1 N–H and O–H groups in total. The van der Waals surface area contributed by atoms with Crippen molar-refractivity contribution in [2.45, 2.75) is 51.7 Å². The van der Waals surface area contributed by atoms with E-state index in [9.17, 15) is 9.59 Å². The van der Waals surface area contributed by atoms with Gasteiger partial charge in [0.15, 0.2) is 0 Å². The number of carbonyl (C=O) groups is 2. The maximum Gasteiger partial charge on any atom is 0.325 e. The lowest BCUT2D eigenvalue weighted by Crippen LogP contribution is -2.53. The van der Waals surface area contributed by atoms with Crippen molar-refractivity contribution < 1.29 is 14.3 Å². The van der Waals surface area contributed by atoms with Gasteiger partial charge in [-0.25, -0.2) is 5.01 Å². The van der Waals surface area contributed by atoms with Crippen LogP contribution in [-0.4, -0.2) is 35.6 Å². The molecule has 0 radical (unpaired) electrons. The fourth-order valence-corrected chi connectivity index (χ4v) is 1.77. The molecule has 1 heterocycles. The van der Waals surface area contributed by atoms with Crippen LogP contribution in [0.3, 0.4) is 0 Å². The van der Waals surface area contributed by atoms with Crippen LogP contribution in [0.1, 0.15) is 40.0 Å². The molecule has 5 nitrogen and oxygen atoms in total. The predicted molar refractivity (Wildman–Crippen MR) is 59.4 cm³/mol. The van der Waals surface area contributed by atoms with E-state index in [4.69, 9.17) is 4.74 Å². The van der Waals surface area contributed by atoms with Gasteiger partial charge in [0.25, 0.3) is 0 Å². The highest BCUT2D eigenvalue weighted by Crippen LogP contribution is 2.18. The second-order valence-electron chi connectivity index (χ2n) is 4.99. The Morgan fingerprint density at radius 2 is 2.12 bits per heavy atom. The van der Waals surface area contributed by atoms with Crippen molar-refractivity contribution in [2.75, 3.05) is 6.54 Å². The fraction of sp³-hybridized carbons (Fsp3) is 0.818. The first-order valence-electron chi connectivity index (χ1n) is 5.63. The molecule has 1 atom stereocenters. The van der Waals surface area contributed by atoms with E-state index in [1.165, 1.54) is 0 Å². The van der Waals surface area contributed by atoms with Crippen LogP contribution < -0.4 is 5.43 Å². The molecular weight excluding hydrogens is 208 g/mol. The molecule has 0 saturated carbocycles.